The number of rotatable bonds is 8. The number of nitrogens with one attached hydrogen (secondary N) is 1. The number of carboxylic acids is 1. The summed E-state index contributed by atoms with van der Waals surface area (Å²) in [5.74, 6) is -1.56. The number of carbonyl (C=O) groups excluding carboxylic acids is 2. The third-order valence-corrected chi connectivity index (χ3v) is 7.33. The Balaban J connectivity index is 4.36. The molecule has 0 fully saturated rings. The fourth-order valence-corrected chi connectivity index (χ4v) is 4.43. The number of carbonyl (C=O) groups is 2. The van der Waals surface area contributed by atoms with Gasteiger partial charge in [0.1, 0.15) is 5.47 Å². The molecule has 0 aromatic heterocycles. The summed E-state index contributed by atoms with van der Waals surface area (Å²) in [6.07, 6.45) is 0.261. The van der Waals surface area contributed by atoms with Gasteiger partial charge in [0.05, 0.1) is 17.3 Å². The van der Waals surface area contributed by atoms with E-state index < -0.39 is 17.0 Å². The minimum absolute atomic E-state index is 0.0939. The number of hydrogen-bond donors (Lipinski definition) is 1. The maximum atomic E-state index is 11.7. The van der Waals surface area contributed by atoms with Gasteiger partial charge in [-0.1, -0.05) is 30.1 Å². The maximum absolute atomic E-state index is 11.7. The second kappa shape index (κ2) is 7.48. The second-order valence-corrected chi connectivity index (χ2v) is 12.0. The molecule has 8 heteroatoms. The molecule has 1 amide bonds. The third-order valence-electron chi connectivity index (χ3n) is 2.37. The highest BCUT2D eigenvalue weighted by molar-refractivity contribution is 8.69. The van der Waals surface area contributed by atoms with Crippen molar-refractivity contribution in [2.45, 2.75) is 32.7 Å². The predicted molar refractivity (Wildman–Crippen MR) is 76.1 cm³/mol. The first kappa shape index (κ1) is 17.9. The zero-order valence-electron chi connectivity index (χ0n) is 11.0. The Bertz CT molecular complexity index is 364. The van der Waals surface area contributed by atoms with Gasteiger partial charge in [-0.15, -0.1) is 0 Å². The molecule has 0 saturated carbocycles. The molecular formula is C10H19NO4PS2-. The molecule has 0 aliphatic heterocycles. The molecule has 0 radical (unpaired) electrons. The van der Waals surface area contributed by atoms with Gasteiger partial charge in [0.15, 0.2) is 0 Å². The van der Waals surface area contributed by atoms with Crippen LogP contribution in [-0.2, 0) is 25.9 Å². The zero-order chi connectivity index (χ0) is 14.4. The van der Waals surface area contributed by atoms with Crippen molar-refractivity contribution in [2.75, 3.05) is 19.0 Å². The quantitative estimate of drug-likeness (QED) is 0.666. The zero-order valence-corrected chi connectivity index (χ0v) is 13.5. The summed E-state index contributed by atoms with van der Waals surface area (Å²) < 4.78 is 5.36. The van der Waals surface area contributed by atoms with Gasteiger partial charge in [-0.3, -0.25) is 4.79 Å². The molecule has 0 heterocycles. The SMILES string of the molecule is CCO[P@@](C)(=S)SCC(=O)N[C@](C)(CC)C(=O)[O-]. The molecule has 2 atom stereocenters. The molecule has 0 rings (SSSR count). The van der Waals surface area contributed by atoms with Crippen LogP contribution in [-0.4, -0.2) is 36.4 Å². The smallest absolute Gasteiger partial charge is 0.231 e. The Morgan fingerprint density at radius 1 is 1.50 bits per heavy atom. The van der Waals surface area contributed by atoms with E-state index in [1.54, 1.807) is 13.6 Å². The van der Waals surface area contributed by atoms with Gasteiger partial charge < -0.3 is 19.7 Å². The average Bonchev–Trinajstić information content (AvgIpc) is 2.26. The number of aliphatic carboxylic acids is 1. The van der Waals surface area contributed by atoms with E-state index in [0.29, 0.717) is 6.61 Å². The van der Waals surface area contributed by atoms with E-state index in [1.165, 1.54) is 18.3 Å². The molecule has 0 aliphatic rings. The van der Waals surface area contributed by atoms with Crippen molar-refractivity contribution in [3.8, 4) is 0 Å². The lowest BCUT2D eigenvalue weighted by molar-refractivity contribution is -0.313. The van der Waals surface area contributed by atoms with Crippen molar-refractivity contribution in [2.24, 2.45) is 0 Å². The van der Waals surface area contributed by atoms with Crippen molar-refractivity contribution in [1.29, 1.82) is 0 Å². The van der Waals surface area contributed by atoms with Gasteiger partial charge >= 0.3 is 0 Å². The number of carboxylic acid groups (broad SMARTS) is 1. The lowest BCUT2D eigenvalue weighted by atomic mass is 9.99. The number of amides is 1. The van der Waals surface area contributed by atoms with Crippen LogP contribution in [0.15, 0.2) is 0 Å². The normalized spacial score (nSPS) is 17.6. The Labute approximate surface area is 117 Å². The largest absolute Gasteiger partial charge is 0.548 e. The summed E-state index contributed by atoms with van der Waals surface area (Å²) in [4.78, 5) is 22.6. The van der Waals surface area contributed by atoms with E-state index in [2.05, 4.69) is 5.32 Å². The molecule has 106 valence electrons. The molecule has 18 heavy (non-hydrogen) atoms. The van der Waals surface area contributed by atoms with Crippen LogP contribution in [0.1, 0.15) is 27.2 Å². The van der Waals surface area contributed by atoms with Crippen molar-refractivity contribution in [1.82, 2.24) is 5.32 Å². The molecular weight excluding hydrogens is 293 g/mol. The van der Waals surface area contributed by atoms with E-state index in [1.807, 2.05) is 6.92 Å². The van der Waals surface area contributed by atoms with Gasteiger partial charge in [-0.2, -0.15) is 0 Å². The van der Waals surface area contributed by atoms with Crippen LogP contribution < -0.4 is 10.4 Å². The first-order valence-corrected chi connectivity index (χ1v) is 10.3. The first-order chi connectivity index (χ1) is 8.17. The van der Waals surface area contributed by atoms with Gasteiger partial charge in [0, 0.05) is 6.61 Å². The van der Waals surface area contributed by atoms with Crippen LogP contribution in [0.3, 0.4) is 0 Å². The van der Waals surface area contributed by atoms with Gasteiger partial charge in [-0.05, 0) is 26.9 Å². The van der Waals surface area contributed by atoms with Gasteiger partial charge in [0.25, 0.3) is 0 Å². The highest BCUT2D eigenvalue weighted by Crippen LogP contribution is 2.56. The first-order valence-electron chi connectivity index (χ1n) is 5.56. The van der Waals surface area contributed by atoms with Crippen molar-refractivity contribution < 1.29 is 19.2 Å². The molecule has 0 bridgehead atoms. The number of hydrogen-bond acceptors (Lipinski definition) is 6. The van der Waals surface area contributed by atoms with Crippen LogP contribution in [0.4, 0.5) is 0 Å². The summed E-state index contributed by atoms with van der Waals surface area (Å²) in [5, 5.41) is 13.4. The fourth-order valence-electron chi connectivity index (χ4n) is 1.08. The second-order valence-electron chi connectivity index (χ2n) is 3.98. The summed E-state index contributed by atoms with van der Waals surface area (Å²) in [6.45, 7) is 7.24. The van der Waals surface area contributed by atoms with Crippen LogP contribution in [0.2, 0.25) is 0 Å². The van der Waals surface area contributed by atoms with Crippen LogP contribution in [0.5, 0.6) is 0 Å². The lowest BCUT2D eigenvalue weighted by Gasteiger charge is -2.30. The molecule has 0 aromatic carbocycles. The third kappa shape index (κ3) is 6.18. The Kier molecular flexibility index (Phi) is 7.44. The van der Waals surface area contributed by atoms with Gasteiger partial charge in [-0.25, -0.2) is 0 Å². The molecule has 0 saturated heterocycles. The van der Waals surface area contributed by atoms with E-state index in [4.69, 9.17) is 16.3 Å². The molecule has 1 N–H and O–H groups in total. The van der Waals surface area contributed by atoms with E-state index >= 15 is 0 Å². The molecule has 0 unspecified atom stereocenters. The van der Waals surface area contributed by atoms with Crippen LogP contribution in [0.25, 0.3) is 0 Å². The maximum Gasteiger partial charge on any atom is 0.231 e. The molecule has 0 spiro atoms. The van der Waals surface area contributed by atoms with Crippen molar-refractivity contribution in [3.05, 3.63) is 0 Å². The Morgan fingerprint density at radius 2 is 2.06 bits per heavy atom. The van der Waals surface area contributed by atoms with E-state index in [0.717, 1.165) is 0 Å². The molecule has 5 nitrogen and oxygen atoms in total. The summed E-state index contributed by atoms with van der Waals surface area (Å²) in [7, 11) is 0. The Morgan fingerprint density at radius 3 is 2.44 bits per heavy atom. The monoisotopic (exact) mass is 312 g/mol. The summed E-state index contributed by atoms with van der Waals surface area (Å²) in [5.41, 5.74) is -3.35. The van der Waals surface area contributed by atoms with Crippen LogP contribution >= 0.6 is 16.8 Å². The van der Waals surface area contributed by atoms with Crippen LogP contribution in [0, 0.1) is 0 Å². The van der Waals surface area contributed by atoms with Crippen molar-refractivity contribution in [3.63, 3.8) is 0 Å². The minimum atomic E-state index is -2.02. The fraction of sp³-hybridized carbons (Fsp3) is 0.800. The topological polar surface area (TPSA) is 78.5 Å². The summed E-state index contributed by atoms with van der Waals surface area (Å²) in [6, 6.07) is 0. The molecule has 0 aliphatic carbocycles. The highest BCUT2D eigenvalue weighted by atomic mass is 32.9. The predicted octanol–water partition coefficient (Wildman–Crippen LogP) is 0.730. The van der Waals surface area contributed by atoms with E-state index in [-0.39, 0.29) is 18.1 Å². The highest BCUT2D eigenvalue weighted by Gasteiger charge is 2.26. The Hall–Kier alpha value is -0.100. The van der Waals surface area contributed by atoms with Gasteiger partial charge in [0.2, 0.25) is 5.91 Å². The minimum Gasteiger partial charge on any atom is -0.548 e. The van der Waals surface area contributed by atoms with E-state index in [9.17, 15) is 14.7 Å². The molecule has 0 aromatic rings. The standard InChI is InChI=1S/C10H20NO4PS2/c1-5-10(3,9(13)14)11-8(12)7-18-16(4,17)15-6-2/h5-7H2,1-4H3,(H,11,12)(H,13,14)/p-1/t10-,16+/m1/s1. The average molecular weight is 312 g/mol. The van der Waals surface area contributed by atoms with Crippen molar-refractivity contribution >= 4 is 40.5 Å². The lowest BCUT2D eigenvalue weighted by Crippen LogP contribution is -2.58. The summed E-state index contributed by atoms with van der Waals surface area (Å²) >= 11 is 6.48.